The van der Waals surface area contributed by atoms with E-state index in [0.717, 1.165) is 6.42 Å². The monoisotopic (exact) mass is 379 g/mol. The van der Waals surface area contributed by atoms with Crippen molar-refractivity contribution in [3.05, 3.63) is 28.7 Å². The molecular weight excluding hydrogens is 358 g/mol. The first-order chi connectivity index (χ1) is 12.3. The van der Waals surface area contributed by atoms with Crippen molar-refractivity contribution in [3.8, 4) is 0 Å². The van der Waals surface area contributed by atoms with E-state index in [4.69, 9.17) is 4.42 Å². The van der Waals surface area contributed by atoms with Crippen LogP contribution in [0.1, 0.15) is 25.7 Å². The number of aryl methyl sites for hydroxylation is 1. The largest absolute Gasteiger partial charge is 0.419 e. The second kappa shape index (κ2) is 5.68. The Bertz CT molecular complexity index is 1050. The van der Waals surface area contributed by atoms with Crippen LogP contribution in [0.3, 0.4) is 0 Å². The Hall–Kier alpha value is -2.13. The summed E-state index contributed by atoms with van der Waals surface area (Å²) in [4.78, 5) is 26.2. The molecular formula is C17H21N3O5S. The highest BCUT2D eigenvalue weighted by molar-refractivity contribution is 7.89. The maximum Gasteiger partial charge on any atom is 0.419 e. The van der Waals surface area contributed by atoms with Gasteiger partial charge in [-0.3, -0.25) is 9.36 Å². The van der Waals surface area contributed by atoms with E-state index >= 15 is 0 Å². The molecule has 0 radical (unpaired) electrons. The number of benzene rings is 1. The molecule has 4 rings (SSSR count). The summed E-state index contributed by atoms with van der Waals surface area (Å²) < 4.78 is 34.4. The molecule has 0 saturated carbocycles. The molecule has 1 amide bonds. The fourth-order valence-electron chi connectivity index (χ4n) is 4.23. The van der Waals surface area contributed by atoms with E-state index in [2.05, 4.69) is 0 Å². The van der Waals surface area contributed by atoms with E-state index in [0.29, 0.717) is 43.5 Å². The molecule has 2 fully saturated rings. The van der Waals surface area contributed by atoms with Crippen LogP contribution in [0.5, 0.6) is 0 Å². The number of carbonyl (C=O) groups excluding carboxylic acids is 1. The van der Waals surface area contributed by atoms with E-state index in [9.17, 15) is 18.0 Å². The van der Waals surface area contributed by atoms with Crippen LogP contribution in [0.4, 0.5) is 0 Å². The molecule has 2 aliphatic rings. The highest BCUT2D eigenvalue weighted by Gasteiger charge is 2.54. The number of nitrogens with zero attached hydrogens (tertiary/aromatic N) is 3. The number of likely N-dealkylation sites (N-methyl/N-ethyl adjacent to an activating group) is 1. The number of aromatic nitrogens is 1. The molecule has 26 heavy (non-hydrogen) atoms. The van der Waals surface area contributed by atoms with Gasteiger partial charge in [0.05, 0.1) is 10.4 Å². The van der Waals surface area contributed by atoms with Crippen LogP contribution in [0.15, 0.2) is 32.3 Å². The molecule has 0 aliphatic carbocycles. The molecule has 0 N–H and O–H groups in total. The third kappa shape index (κ3) is 2.26. The fraction of sp³-hybridized carbons (Fsp3) is 0.529. The van der Waals surface area contributed by atoms with Gasteiger partial charge in [0.25, 0.3) is 0 Å². The summed E-state index contributed by atoms with van der Waals surface area (Å²) >= 11 is 0. The number of sulfonamides is 1. The van der Waals surface area contributed by atoms with Gasteiger partial charge >= 0.3 is 5.76 Å². The minimum atomic E-state index is -3.87. The molecule has 9 heteroatoms. The van der Waals surface area contributed by atoms with Crippen molar-refractivity contribution in [2.24, 2.45) is 7.05 Å². The first kappa shape index (κ1) is 17.3. The van der Waals surface area contributed by atoms with Crippen LogP contribution in [-0.2, 0) is 21.9 Å². The van der Waals surface area contributed by atoms with Crippen molar-refractivity contribution in [1.82, 2.24) is 13.8 Å². The Balaban J connectivity index is 1.82. The lowest BCUT2D eigenvalue weighted by molar-refractivity contribution is -0.142. The Morgan fingerprint density at radius 2 is 1.77 bits per heavy atom. The molecule has 1 aromatic heterocycles. The van der Waals surface area contributed by atoms with Gasteiger partial charge in [0.1, 0.15) is 5.54 Å². The molecule has 3 heterocycles. The molecule has 2 saturated heterocycles. The molecule has 0 bridgehead atoms. The van der Waals surface area contributed by atoms with Crippen LogP contribution < -0.4 is 5.76 Å². The van der Waals surface area contributed by atoms with Gasteiger partial charge in [-0.05, 0) is 43.9 Å². The average Bonchev–Trinajstić information content (AvgIpc) is 3.15. The zero-order valence-electron chi connectivity index (χ0n) is 14.8. The molecule has 140 valence electrons. The summed E-state index contributed by atoms with van der Waals surface area (Å²) in [6.45, 7) is 0.974. The fourth-order valence-corrected chi connectivity index (χ4v) is 6.08. The lowest BCUT2D eigenvalue weighted by Gasteiger charge is -2.42. The second-order valence-electron chi connectivity index (χ2n) is 7.10. The molecule has 8 nitrogen and oxygen atoms in total. The van der Waals surface area contributed by atoms with Gasteiger partial charge in [-0.15, -0.1) is 0 Å². The number of hydrogen-bond donors (Lipinski definition) is 0. The second-order valence-corrected chi connectivity index (χ2v) is 8.96. The van der Waals surface area contributed by atoms with Gasteiger partial charge in [0, 0.05) is 27.2 Å². The van der Waals surface area contributed by atoms with Crippen molar-refractivity contribution in [1.29, 1.82) is 0 Å². The van der Waals surface area contributed by atoms with Gasteiger partial charge in [0.15, 0.2) is 5.58 Å². The van der Waals surface area contributed by atoms with Gasteiger partial charge in [-0.1, -0.05) is 0 Å². The molecule has 2 aromatic rings. The SMILES string of the molecule is CN1CCCC2(CCCN2S(=O)(=O)c2ccc3oc(=O)n(C)c3c2)C1=O. The predicted molar refractivity (Wildman–Crippen MR) is 94.2 cm³/mol. The first-order valence-electron chi connectivity index (χ1n) is 8.65. The summed E-state index contributed by atoms with van der Waals surface area (Å²) in [5.41, 5.74) is -0.235. The highest BCUT2D eigenvalue weighted by Crippen LogP contribution is 2.41. The van der Waals surface area contributed by atoms with Crippen LogP contribution in [-0.4, -0.2) is 53.8 Å². The number of piperidine rings is 1. The van der Waals surface area contributed by atoms with Crippen molar-refractivity contribution >= 4 is 27.0 Å². The Morgan fingerprint density at radius 1 is 1.08 bits per heavy atom. The zero-order valence-corrected chi connectivity index (χ0v) is 15.6. The summed E-state index contributed by atoms with van der Waals surface area (Å²) in [5, 5.41) is 0. The third-order valence-electron chi connectivity index (χ3n) is 5.61. The van der Waals surface area contributed by atoms with Gasteiger partial charge < -0.3 is 9.32 Å². The van der Waals surface area contributed by atoms with E-state index in [1.165, 1.54) is 34.1 Å². The number of likely N-dealkylation sites (tertiary alicyclic amines) is 1. The molecule has 1 spiro atoms. The number of amides is 1. The average molecular weight is 379 g/mol. The lowest BCUT2D eigenvalue weighted by atomic mass is 9.87. The minimum absolute atomic E-state index is 0.0729. The number of rotatable bonds is 2. The lowest BCUT2D eigenvalue weighted by Crippen LogP contribution is -2.60. The predicted octanol–water partition coefficient (Wildman–Crippen LogP) is 0.907. The van der Waals surface area contributed by atoms with Crippen LogP contribution in [0.2, 0.25) is 0 Å². The zero-order chi connectivity index (χ0) is 18.7. The van der Waals surface area contributed by atoms with Crippen molar-refractivity contribution < 1.29 is 17.6 Å². The number of hydrogen-bond acceptors (Lipinski definition) is 5. The van der Waals surface area contributed by atoms with Crippen LogP contribution >= 0.6 is 0 Å². The van der Waals surface area contributed by atoms with E-state index in [-0.39, 0.29) is 10.8 Å². The van der Waals surface area contributed by atoms with Crippen LogP contribution in [0, 0.1) is 0 Å². The Labute approximate surface area is 151 Å². The number of carbonyl (C=O) groups is 1. The maximum absolute atomic E-state index is 13.4. The molecule has 2 aliphatic heterocycles. The Morgan fingerprint density at radius 3 is 2.50 bits per heavy atom. The van der Waals surface area contributed by atoms with E-state index in [1.54, 1.807) is 11.9 Å². The Kier molecular flexibility index (Phi) is 3.78. The minimum Gasteiger partial charge on any atom is -0.408 e. The topological polar surface area (TPSA) is 92.8 Å². The summed E-state index contributed by atoms with van der Waals surface area (Å²) in [6, 6.07) is 4.36. The third-order valence-corrected chi connectivity index (χ3v) is 7.57. The van der Waals surface area contributed by atoms with Gasteiger partial charge in [-0.25, -0.2) is 13.2 Å². The van der Waals surface area contributed by atoms with Crippen molar-refractivity contribution in [2.45, 2.75) is 36.1 Å². The maximum atomic E-state index is 13.4. The smallest absolute Gasteiger partial charge is 0.408 e. The quantitative estimate of drug-likeness (QED) is 0.773. The van der Waals surface area contributed by atoms with Gasteiger partial charge in [-0.2, -0.15) is 4.31 Å². The van der Waals surface area contributed by atoms with E-state index in [1.807, 2.05) is 0 Å². The molecule has 1 unspecified atom stereocenters. The summed E-state index contributed by atoms with van der Waals surface area (Å²) in [6.07, 6.45) is 2.53. The van der Waals surface area contributed by atoms with Crippen molar-refractivity contribution in [2.75, 3.05) is 20.1 Å². The first-order valence-corrected chi connectivity index (χ1v) is 10.1. The number of fused-ring (bicyclic) bond motifs is 1. The molecule has 1 aromatic carbocycles. The molecule has 1 atom stereocenters. The standard InChI is InChI=1S/C17H21N3O5S/c1-18-9-3-7-17(15(18)21)8-4-10-20(17)26(23,24)12-5-6-14-13(11-12)19(2)16(22)25-14/h5-6,11H,3-4,7-10H2,1-2H3. The van der Waals surface area contributed by atoms with Crippen molar-refractivity contribution in [3.63, 3.8) is 0 Å². The normalized spacial score (nSPS) is 24.8. The van der Waals surface area contributed by atoms with Crippen LogP contribution in [0.25, 0.3) is 11.1 Å². The number of oxazole rings is 1. The summed E-state index contributed by atoms with van der Waals surface area (Å²) in [5.74, 6) is -0.669. The highest BCUT2D eigenvalue weighted by atomic mass is 32.2. The van der Waals surface area contributed by atoms with E-state index < -0.39 is 21.3 Å². The van der Waals surface area contributed by atoms with Gasteiger partial charge in [0.2, 0.25) is 15.9 Å². The summed E-state index contributed by atoms with van der Waals surface area (Å²) in [7, 11) is -0.622.